The van der Waals surface area contributed by atoms with E-state index in [2.05, 4.69) is 0 Å². The Morgan fingerprint density at radius 3 is 1.84 bits per heavy atom. The van der Waals surface area contributed by atoms with Crippen LogP contribution in [0.5, 0.6) is 0 Å². The normalized spacial score (nSPS) is 23.4. The smallest absolute Gasteiger partial charge is 0.420 e. The first kappa shape index (κ1) is 33.6. The highest BCUT2D eigenvalue weighted by molar-refractivity contribution is 5.94. The van der Waals surface area contributed by atoms with Gasteiger partial charge in [-0.25, -0.2) is 14.4 Å². The fourth-order valence-electron chi connectivity index (χ4n) is 3.42. The van der Waals surface area contributed by atoms with E-state index >= 15 is 0 Å². The molecule has 4 atom stereocenters. The zero-order valence-corrected chi connectivity index (χ0v) is 24.5. The van der Waals surface area contributed by atoms with Crippen molar-refractivity contribution < 1.29 is 42.8 Å². The monoisotopic (exact) mass is 541 g/mol. The summed E-state index contributed by atoms with van der Waals surface area (Å²) in [6.07, 6.45) is 5.35. The Labute approximate surface area is 227 Å². The molecule has 1 saturated heterocycles. The van der Waals surface area contributed by atoms with E-state index in [-0.39, 0.29) is 19.8 Å². The van der Waals surface area contributed by atoms with Crippen molar-refractivity contribution in [1.29, 1.82) is 0 Å². The zero-order chi connectivity index (χ0) is 28.9. The van der Waals surface area contributed by atoms with Crippen molar-refractivity contribution in [3.05, 3.63) is 24.3 Å². The summed E-state index contributed by atoms with van der Waals surface area (Å²) < 4.78 is 34.5. The van der Waals surface area contributed by atoms with Crippen LogP contribution in [0.25, 0.3) is 0 Å². The minimum absolute atomic E-state index is 0.0378. The highest BCUT2D eigenvalue weighted by atomic mass is 16.6. The molecule has 0 spiro atoms. The van der Waals surface area contributed by atoms with Gasteiger partial charge in [-0.1, -0.05) is 38.2 Å². The molecule has 1 aliphatic rings. The summed E-state index contributed by atoms with van der Waals surface area (Å²) >= 11 is 0. The number of amides is 2. The minimum atomic E-state index is -1.44. The minimum Gasteiger partial charge on any atom is -0.458 e. The van der Waals surface area contributed by atoms with E-state index in [1.807, 2.05) is 38.2 Å². The molecular weight excluding hydrogens is 494 g/mol. The number of esters is 1. The van der Waals surface area contributed by atoms with Crippen molar-refractivity contribution in [3.63, 3.8) is 0 Å². The molecule has 2 amide bonds. The summed E-state index contributed by atoms with van der Waals surface area (Å²) in [5.74, 6) is -0.849. The van der Waals surface area contributed by atoms with Crippen molar-refractivity contribution in [2.75, 3.05) is 26.4 Å². The van der Waals surface area contributed by atoms with Gasteiger partial charge in [-0.2, -0.15) is 4.90 Å². The van der Waals surface area contributed by atoms with Crippen LogP contribution in [-0.4, -0.2) is 85.0 Å². The van der Waals surface area contributed by atoms with Gasteiger partial charge in [-0.05, 0) is 61.3 Å². The highest BCUT2D eigenvalue weighted by Gasteiger charge is 2.44. The molecule has 0 aromatic rings. The zero-order valence-electron chi connectivity index (χ0n) is 24.5. The first-order valence-corrected chi connectivity index (χ1v) is 13.3. The van der Waals surface area contributed by atoms with Crippen LogP contribution < -0.4 is 0 Å². The second kappa shape index (κ2) is 15.9. The SMILES string of the molecule is CCC=CCO[C@H]1[C@H](C)OC(=O)[C@@H](N(C(=O)OC(C)(C)C)C(=O)OC(C)(C)C)COC[C@@H]1OCC=CCC. The largest absolute Gasteiger partial charge is 0.458 e. The van der Waals surface area contributed by atoms with Crippen molar-refractivity contribution in [2.45, 2.75) is 111 Å². The molecule has 218 valence electrons. The molecule has 38 heavy (non-hydrogen) atoms. The van der Waals surface area contributed by atoms with Gasteiger partial charge in [0, 0.05) is 0 Å². The van der Waals surface area contributed by atoms with E-state index < -0.39 is 53.7 Å². The number of carbonyl (C=O) groups is 3. The molecule has 1 fully saturated rings. The molecular formula is C28H47NO9. The molecule has 0 aromatic carbocycles. The number of nitrogens with zero attached hydrogens (tertiary/aromatic N) is 1. The molecule has 0 saturated carbocycles. The molecule has 0 aromatic heterocycles. The van der Waals surface area contributed by atoms with Crippen LogP contribution in [0.1, 0.15) is 75.2 Å². The first-order chi connectivity index (χ1) is 17.7. The predicted molar refractivity (Wildman–Crippen MR) is 143 cm³/mol. The molecule has 10 nitrogen and oxygen atoms in total. The number of cyclic esters (lactones) is 1. The van der Waals surface area contributed by atoms with E-state index in [0.29, 0.717) is 11.5 Å². The van der Waals surface area contributed by atoms with Crippen LogP contribution in [0.3, 0.4) is 0 Å². The van der Waals surface area contributed by atoms with Crippen molar-refractivity contribution in [2.24, 2.45) is 0 Å². The standard InChI is InChI=1S/C28H47NO9/c1-10-12-14-16-34-22-19-33-18-21(24(30)36-20(3)23(22)35-17-15-13-11-2)29(25(31)37-27(4,5)6)26(32)38-28(7,8)9/h12-15,20-23H,10-11,16-19H2,1-9H3/t20-,21-,22-,23-/m0/s1. The molecule has 1 rings (SSSR count). The number of rotatable bonds is 9. The summed E-state index contributed by atoms with van der Waals surface area (Å²) in [5.41, 5.74) is -1.85. The van der Waals surface area contributed by atoms with Gasteiger partial charge in [0.25, 0.3) is 0 Å². The number of allylic oxidation sites excluding steroid dienone is 2. The van der Waals surface area contributed by atoms with Gasteiger partial charge in [0.2, 0.25) is 0 Å². The fraction of sp³-hybridized carbons (Fsp3) is 0.750. The molecule has 1 heterocycles. The van der Waals surface area contributed by atoms with Crippen LogP contribution in [0, 0.1) is 0 Å². The van der Waals surface area contributed by atoms with Gasteiger partial charge in [0.05, 0.1) is 26.4 Å². The Balaban J connectivity index is 3.30. The Kier molecular flexibility index (Phi) is 14.0. The van der Waals surface area contributed by atoms with E-state index in [9.17, 15) is 14.4 Å². The van der Waals surface area contributed by atoms with Gasteiger partial charge in [-0.3, -0.25) is 0 Å². The third-order valence-electron chi connectivity index (χ3n) is 5.05. The fourth-order valence-corrected chi connectivity index (χ4v) is 3.42. The van der Waals surface area contributed by atoms with Gasteiger partial charge in [0.15, 0.2) is 6.04 Å². The summed E-state index contributed by atoms with van der Waals surface area (Å²) in [4.78, 5) is 40.2. The lowest BCUT2D eigenvalue weighted by Gasteiger charge is -2.32. The molecule has 0 aliphatic carbocycles. The Hall–Kier alpha value is -2.43. The molecule has 0 N–H and O–H groups in total. The van der Waals surface area contributed by atoms with Gasteiger partial charge in [-0.15, -0.1) is 0 Å². The van der Waals surface area contributed by atoms with Crippen LogP contribution in [0.4, 0.5) is 9.59 Å². The third kappa shape index (κ3) is 12.4. The molecule has 0 radical (unpaired) electrons. The van der Waals surface area contributed by atoms with E-state index in [4.69, 9.17) is 28.4 Å². The summed E-state index contributed by atoms with van der Waals surface area (Å²) in [6.45, 7) is 16.0. The third-order valence-corrected chi connectivity index (χ3v) is 5.05. The van der Waals surface area contributed by atoms with Crippen LogP contribution in [-0.2, 0) is 33.2 Å². The maximum absolute atomic E-state index is 13.4. The summed E-state index contributed by atoms with van der Waals surface area (Å²) in [7, 11) is 0. The lowest BCUT2D eigenvalue weighted by Crippen LogP contribution is -2.54. The van der Waals surface area contributed by atoms with E-state index in [1.165, 1.54) is 0 Å². The van der Waals surface area contributed by atoms with Crippen molar-refractivity contribution >= 4 is 18.2 Å². The number of hydrogen-bond donors (Lipinski definition) is 0. The van der Waals surface area contributed by atoms with Crippen LogP contribution >= 0.6 is 0 Å². The Morgan fingerprint density at radius 1 is 0.868 bits per heavy atom. The topological polar surface area (TPSA) is 110 Å². The van der Waals surface area contributed by atoms with Crippen molar-refractivity contribution in [3.8, 4) is 0 Å². The summed E-state index contributed by atoms with van der Waals surface area (Å²) in [6, 6.07) is -1.44. The van der Waals surface area contributed by atoms with E-state index in [1.54, 1.807) is 48.5 Å². The predicted octanol–water partition coefficient (Wildman–Crippen LogP) is 5.19. The summed E-state index contributed by atoms with van der Waals surface area (Å²) in [5, 5.41) is 0. The maximum atomic E-state index is 13.4. The molecule has 1 aliphatic heterocycles. The second-order valence-electron chi connectivity index (χ2n) is 11.0. The molecule has 0 bridgehead atoms. The first-order valence-electron chi connectivity index (χ1n) is 13.3. The van der Waals surface area contributed by atoms with Crippen LogP contribution in [0.15, 0.2) is 24.3 Å². The Morgan fingerprint density at radius 2 is 1.37 bits per heavy atom. The number of carbonyl (C=O) groups excluding carboxylic acids is 3. The lowest BCUT2D eigenvalue weighted by atomic mass is 10.1. The molecule has 10 heteroatoms. The van der Waals surface area contributed by atoms with Crippen LogP contribution in [0.2, 0.25) is 0 Å². The second-order valence-corrected chi connectivity index (χ2v) is 11.0. The van der Waals surface area contributed by atoms with Crippen molar-refractivity contribution in [1.82, 2.24) is 4.90 Å². The van der Waals surface area contributed by atoms with Gasteiger partial charge >= 0.3 is 18.2 Å². The highest BCUT2D eigenvalue weighted by Crippen LogP contribution is 2.22. The lowest BCUT2D eigenvalue weighted by molar-refractivity contribution is -0.167. The number of ether oxygens (including phenoxy) is 6. The molecule has 0 unspecified atom stereocenters. The average Bonchev–Trinajstić information content (AvgIpc) is 2.82. The quantitative estimate of drug-likeness (QED) is 0.221. The number of hydrogen-bond acceptors (Lipinski definition) is 9. The Bertz CT molecular complexity index is 782. The van der Waals surface area contributed by atoms with Gasteiger partial charge < -0.3 is 28.4 Å². The van der Waals surface area contributed by atoms with Gasteiger partial charge in [0.1, 0.15) is 29.5 Å². The number of imide groups is 1. The average molecular weight is 542 g/mol. The van der Waals surface area contributed by atoms with E-state index in [0.717, 1.165) is 12.8 Å². The maximum Gasteiger partial charge on any atom is 0.420 e.